The van der Waals surface area contributed by atoms with Gasteiger partial charge in [0, 0.05) is 25.2 Å². The molecule has 0 radical (unpaired) electrons. The smallest absolute Gasteiger partial charge is 0.289 e. The van der Waals surface area contributed by atoms with Crippen molar-refractivity contribution in [3.63, 3.8) is 0 Å². The first kappa shape index (κ1) is 15.9. The van der Waals surface area contributed by atoms with E-state index < -0.39 is 20.6 Å². The molecule has 116 valence electrons. The quantitative estimate of drug-likeness (QED) is 0.669. The first-order valence-corrected chi connectivity index (χ1v) is 8.09. The molecule has 0 aromatic heterocycles. The lowest BCUT2D eigenvalue weighted by atomic mass is 9.79. The Bertz CT molecular complexity index is 657. The number of sulfonamides is 1. The third-order valence-electron chi connectivity index (χ3n) is 4.09. The van der Waals surface area contributed by atoms with E-state index in [4.69, 9.17) is 5.73 Å². The van der Waals surface area contributed by atoms with Crippen molar-refractivity contribution in [2.45, 2.75) is 31.2 Å². The number of benzene rings is 1. The third-order valence-corrected chi connectivity index (χ3v) is 6.00. The van der Waals surface area contributed by atoms with E-state index in [1.807, 2.05) is 13.8 Å². The van der Waals surface area contributed by atoms with Crippen molar-refractivity contribution >= 4 is 15.7 Å². The molecule has 7 nitrogen and oxygen atoms in total. The van der Waals surface area contributed by atoms with Gasteiger partial charge in [-0.05, 0) is 17.9 Å². The number of nitro groups is 1. The van der Waals surface area contributed by atoms with Crippen LogP contribution in [0.2, 0.25) is 0 Å². The second-order valence-corrected chi connectivity index (χ2v) is 7.84. The highest BCUT2D eigenvalue weighted by atomic mass is 32.2. The lowest BCUT2D eigenvalue weighted by Gasteiger charge is -2.41. The molecule has 8 heteroatoms. The van der Waals surface area contributed by atoms with Crippen molar-refractivity contribution in [3.8, 4) is 0 Å². The number of piperidine rings is 1. The highest BCUT2D eigenvalue weighted by Crippen LogP contribution is 2.33. The maximum absolute atomic E-state index is 12.6. The molecule has 1 aliphatic rings. The molecule has 2 N–H and O–H groups in total. The topological polar surface area (TPSA) is 107 Å². The van der Waals surface area contributed by atoms with E-state index in [2.05, 4.69) is 0 Å². The fraction of sp³-hybridized carbons (Fsp3) is 0.538. The Morgan fingerprint density at radius 1 is 1.38 bits per heavy atom. The van der Waals surface area contributed by atoms with Gasteiger partial charge in [0.1, 0.15) is 0 Å². The van der Waals surface area contributed by atoms with Crippen molar-refractivity contribution < 1.29 is 13.3 Å². The van der Waals surface area contributed by atoms with Gasteiger partial charge in [-0.25, -0.2) is 8.42 Å². The second kappa shape index (κ2) is 5.36. The van der Waals surface area contributed by atoms with Gasteiger partial charge in [0.15, 0.2) is 4.90 Å². The van der Waals surface area contributed by atoms with Gasteiger partial charge < -0.3 is 5.73 Å². The van der Waals surface area contributed by atoms with E-state index in [0.717, 1.165) is 0 Å². The van der Waals surface area contributed by atoms with E-state index >= 15 is 0 Å². The van der Waals surface area contributed by atoms with E-state index in [1.54, 1.807) is 0 Å². The zero-order chi connectivity index (χ0) is 15.8. The van der Waals surface area contributed by atoms with Crippen LogP contribution in [-0.2, 0) is 10.0 Å². The van der Waals surface area contributed by atoms with Crippen LogP contribution < -0.4 is 5.73 Å². The van der Waals surface area contributed by atoms with E-state index in [-0.39, 0.29) is 22.9 Å². The van der Waals surface area contributed by atoms with E-state index in [9.17, 15) is 18.5 Å². The molecule has 1 heterocycles. The number of hydrogen-bond donors (Lipinski definition) is 1. The molecular formula is C13H19N3O4S. The summed E-state index contributed by atoms with van der Waals surface area (Å²) in [5.74, 6) is 0. The molecule has 1 saturated heterocycles. The van der Waals surface area contributed by atoms with Crippen molar-refractivity contribution in [2.75, 3.05) is 13.1 Å². The molecule has 2 rings (SSSR count). The number of nitrogens with zero attached hydrogens (tertiary/aromatic N) is 2. The lowest BCUT2D eigenvalue weighted by Crippen LogP contribution is -2.54. The number of para-hydroxylation sites is 1. The minimum absolute atomic E-state index is 0.144. The number of hydrogen-bond acceptors (Lipinski definition) is 5. The van der Waals surface area contributed by atoms with E-state index in [1.165, 1.54) is 28.6 Å². The summed E-state index contributed by atoms with van der Waals surface area (Å²) >= 11 is 0. The molecule has 1 aromatic rings. The maximum atomic E-state index is 12.6. The van der Waals surface area contributed by atoms with Crippen LogP contribution in [0.1, 0.15) is 20.3 Å². The summed E-state index contributed by atoms with van der Waals surface area (Å²) in [7, 11) is -3.91. The van der Waals surface area contributed by atoms with Gasteiger partial charge >= 0.3 is 0 Å². The molecule has 1 atom stereocenters. The predicted octanol–water partition coefficient (Wildman–Crippen LogP) is 1.34. The van der Waals surface area contributed by atoms with Gasteiger partial charge in [0.05, 0.1) is 4.92 Å². The fourth-order valence-electron chi connectivity index (χ4n) is 2.34. The van der Waals surface area contributed by atoms with Crippen molar-refractivity contribution in [2.24, 2.45) is 11.1 Å². The standard InChI is InChI=1S/C13H19N3O4S/c1-13(2)7-8-15(9-12(13)14)21(19,20)11-6-4-3-5-10(11)16(17)18/h3-6,12H,7-9,14H2,1-2H3. The van der Waals surface area contributed by atoms with Crippen LogP contribution in [0, 0.1) is 15.5 Å². The first-order valence-electron chi connectivity index (χ1n) is 6.65. The Kier molecular flexibility index (Phi) is 4.05. The first-order chi connectivity index (χ1) is 9.66. The third kappa shape index (κ3) is 2.92. The van der Waals surface area contributed by atoms with Gasteiger partial charge in [-0.15, -0.1) is 0 Å². The Labute approximate surface area is 123 Å². The monoisotopic (exact) mass is 313 g/mol. The summed E-state index contributed by atoms with van der Waals surface area (Å²) in [4.78, 5) is 10.1. The summed E-state index contributed by atoms with van der Waals surface area (Å²) in [6.07, 6.45) is 0.619. The molecule has 0 aliphatic carbocycles. The molecule has 21 heavy (non-hydrogen) atoms. The number of nitrogens with two attached hydrogens (primary N) is 1. The number of rotatable bonds is 3. The predicted molar refractivity (Wildman–Crippen MR) is 78.2 cm³/mol. The van der Waals surface area contributed by atoms with Crippen molar-refractivity contribution in [3.05, 3.63) is 34.4 Å². The molecule has 0 amide bonds. The second-order valence-electron chi connectivity index (χ2n) is 5.93. The van der Waals surface area contributed by atoms with Crippen molar-refractivity contribution in [1.29, 1.82) is 0 Å². The summed E-state index contributed by atoms with van der Waals surface area (Å²) in [6.45, 7) is 4.47. The average molecular weight is 313 g/mol. The van der Waals surface area contributed by atoms with Crippen LogP contribution in [0.3, 0.4) is 0 Å². The Balaban J connectivity index is 2.38. The molecule has 0 bridgehead atoms. The fourth-order valence-corrected chi connectivity index (χ4v) is 3.96. The van der Waals surface area contributed by atoms with Gasteiger partial charge in [-0.2, -0.15) is 4.31 Å². The molecule has 0 spiro atoms. The molecule has 1 aliphatic heterocycles. The van der Waals surface area contributed by atoms with Crippen LogP contribution in [0.25, 0.3) is 0 Å². The highest BCUT2D eigenvalue weighted by molar-refractivity contribution is 7.89. The Morgan fingerprint density at radius 2 is 2.00 bits per heavy atom. The van der Waals surface area contributed by atoms with Gasteiger partial charge in [-0.1, -0.05) is 26.0 Å². The van der Waals surface area contributed by atoms with Gasteiger partial charge in [-0.3, -0.25) is 10.1 Å². The van der Waals surface area contributed by atoms with Crippen molar-refractivity contribution in [1.82, 2.24) is 4.31 Å². The maximum Gasteiger partial charge on any atom is 0.289 e. The summed E-state index contributed by atoms with van der Waals surface area (Å²) in [5, 5.41) is 11.0. The Morgan fingerprint density at radius 3 is 2.57 bits per heavy atom. The van der Waals surface area contributed by atoms with Gasteiger partial charge in [0.2, 0.25) is 10.0 Å². The van der Waals surface area contributed by atoms with E-state index in [0.29, 0.717) is 13.0 Å². The summed E-state index contributed by atoms with van der Waals surface area (Å²) in [5.41, 5.74) is 5.48. The largest absolute Gasteiger partial charge is 0.326 e. The molecule has 1 fully saturated rings. The van der Waals surface area contributed by atoms with Crippen LogP contribution >= 0.6 is 0 Å². The van der Waals surface area contributed by atoms with Crippen LogP contribution in [0.4, 0.5) is 5.69 Å². The van der Waals surface area contributed by atoms with Crippen LogP contribution in [-0.4, -0.2) is 36.8 Å². The zero-order valence-electron chi connectivity index (χ0n) is 12.0. The molecule has 0 saturated carbocycles. The highest BCUT2D eigenvalue weighted by Gasteiger charge is 2.40. The van der Waals surface area contributed by atoms with Gasteiger partial charge in [0.25, 0.3) is 5.69 Å². The lowest BCUT2D eigenvalue weighted by molar-refractivity contribution is -0.387. The number of nitro benzene ring substituents is 1. The average Bonchev–Trinajstić information content (AvgIpc) is 2.41. The summed E-state index contributed by atoms with van der Waals surface area (Å²) < 4.78 is 26.5. The molecule has 1 aromatic carbocycles. The zero-order valence-corrected chi connectivity index (χ0v) is 12.8. The minimum Gasteiger partial charge on any atom is -0.326 e. The minimum atomic E-state index is -3.91. The normalized spacial score (nSPS) is 22.9. The van der Waals surface area contributed by atoms with Crippen LogP contribution in [0.15, 0.2) is 29.2 Å². The SMILES string of the molecule is CC1(C)CCN(S(=O)(=O)c2ccccc2[N+](=O)[O-])CC1N. The van der Waals surface area contributed by atoms with Crippen LogP contribution in [0.5, 0.6) is 0 Å². The molecule has 1 unspecified atom stereocenters. The molecular weight excluding hydrogens is 294 g/mol. The Hall–Kier alpha value is -1.51. The summed E-state index contributed by atoms with van der Waals surface area (Å²) in [6, 6.07) is 5.08.